The van der Waals surface area contributed by atoms with E-state index in [1.165, 1.54) is 22.3 Å². The zero-order chi connectivity index (χ0) is 23.0. The number of furan rings is 1. The molecule has 2 aromatic heterocycles. The number of nitrogens with zero attached hydrogens (tertiary/aromatic N) is 2. The molecule has 0 spiro atoms. The molecule has 1 aliphatic rings. The molecular formula is C30H28N2O. The molecule has 0 saturated heterocycles. The van der Waals surface area contributed by atoms with Gasteiger partial charge in [-0.2, -0.15) is 0 Å². The lowest BCUT2D eigenvalue weighted by Gasteiger charge is -2.22. The fourth-order valence-corrected chi connectivity index (χ4v) is 5.11. The highest BCUT2D eigenvalue weighted by molar-refractivity contribution is 6.06. The summed E-state index contributed by atoms with van der Waals surface area (Å²) in [6.07, 6.45) is 0.958. The van der Waals surface area contributed by atoms with Crippen LogP contribution in [0.25, 0.3) is 44.5 Å². The molecule has 3 nitrogen and oxygen atoms in total. The molecular weight excluding hydrogens is 404 g/mol. The molecule has 0 radical (unpaired) electrons. The van der Waals surface area contributed by atoms with Gasteiger partial charge in [-0.25, -0.2) is 9.97 Å². The highest BCUT2D eigenvalue weighted by Crippen LogP contribution is 2.49. The highest BCUT2D eigenvalue weighted by atomic mass is 16.3. The Morgan fingerprint density at radius 2 is 1.58 bits per heavy atom. The fraction of sp³-hybridized carbons (Fsp3) is 0.267. The highest BCUT2D eigenvalue weighted by Gasteiger charge is 2.35. The number of aromatic nitrogens is 2. The van der Waals surface area contributed by atoms with Crippen molar-refractivity contribution in [3.05, 3.63) is 83.7 Å². The van der Waals surface area contributed by atoms with Gasteiger partial charge in [0.25, 0.3) is 0 Å². The van der Waals surface area contributed by atoms with Crippen LogP contribution in [-0.4, -0.2) is 9.97 Å². The van der Waals surface area contributed by atoms with Gasteiger partial charge in [0.05, 0.1) is 0 Å². The Balaban J connectivity index is 1.66. The van der Waals surface area contributed by atoms with Gasteiger partial charge in [-0.15, -0.1) is 0 Å². The standard InChI is InChI=1S/C30H28N2O/c1-6-29(2,3)28-31-25(27-26(32-28)20-12-8-10-14-24(20)33-27)18-15-16-23-21(17-18)19-11-7-9-13-22(19)30(23,4)5/h7-17H,6H2,1-5H3. The molecule has 3 aromatic carbocycles. The van der Waals surface area contributed by atoms with Gasteiger partial charge >= 0.3 is 0 Å². The number of para-hydroxylation sites is 1. The van der Waals surface area contributed by atoms with E-state index in [4.69, 9.17) is 14.4 Å². The third-order valence-electron chi connectivity index (χ3n) is 7.57. The number of rotatable bonds is 3. The molecule has 0 atom stereocenters. The maximum absolute atomic E-state index is 6.34. The van der Waals surface area contributed by atoms with E-state index < -0.39 is 0 Å². The van der Waals surface area contributed by atoms with Gasteiger partial charge in [0.2, 0.25) is 0 Å². The average Bonchev–Trinajstić information content (AvgIpc) is 3.31. The minimum absolute atomic E-state index is 0.0137. The van der Waals surface area contributed by atoms with Gasteiger partial charge in [-0.05, 0) is 46.9 Å². The molecule has 0 unspecified atom stereocenters. The third-order valence-corrected chi connectivity index (χ3v) is 7.57. The number of benzene rings is 3. The van der Waals surface area contributed by atoms with E-state index in [0.29, 0.717) is 0 Å². The summed E-state index contributed by atoms with van der Waals surface area (Å²) in [5.74, 6) is 0.861. The maximum Gasteiger partial charge on any atom is 0.180 e. The van der Waals surface area contributed by atoms with Gasteiger partial charge in [-0.3, -0.25) is 0 Å². The summed E-state index contributed by atoms with van der Waals surface area (Å²) in [6.45, 7) is 11.2. The second kappa shape index (κ2) is 6.77. The molecule has 3 heteroatoms. The molecule has 164 valence electrons. The minimum atomic E-state index is -0.132. The third kappa shape index (κ3) is 2.81. The van der Waals surface area contributed by atoms with E-state index in [1.807, 2.05) is 18.2 Å². The van der Waals surface area contributed by atoms with Gasteiger partial charge in [0.15, 0.2) is 5.58 Å². The molecule has 0 amide bonds. The Morgan fingerprint density at radius 3 is 2.39 bits per heavy atom. The number of hydrogen-bond donors (Lipinski definition) is 0. The van der Waals surface area contributed by atoms with E-state index in [0.717, 1.165) is 45.6 Å². The summed E-state index contributed by atoms with van der Waals surface area (Å²) in [7, 11) is 0. The first-order valence-electron chi connectivity index (χ1n) is 11.8. The zero-order valence-electron chi connectivity index (χ0n) is 19.9. The molecule has 0 saturated carbocycles. The molecule has 2 heterocycles. The summed E-state index contributed by atoms with van der Waals surface area (Å²) in [4.78, 5) is 10.1. The molecule has 0 fully saturated rings. The van der Waals surface area contributed by atoms with Crippen molar-refractivity contribution in [2.24, 2.45) is 0 Å². The van der Waals surface area contributed by atoms with Crippen LogP contribution in [0.1, 0.15) is 58.0 Å². The number of hydrogen-bond acceptors (Lipinski definition) is 3. The predicted octanol–water partition coefficient (Wildman–Crippen LogP) is 8.04. The van der Waals surface area contributed by atoms with Gasteiger partial charge in [0, 0.05) is 21.8 Å². The molecule has 0 aliphatic heterocycles. The van der Waals surface area contributed by atoms with Gasteiger partial charge in [0.1, 0.15) is 22.6 Å². The summed E-state index contributed by atoms with van der Waals surface area (Å²) in [5.41, 5.74) is 9.63. The van der Waals surface area contributed by atoms with Crippen LogP contribution in [0.4, 0.5) is 0 Å². The Labute approximate surface area is 194 Å². The van der Waals surface area contributed by atoms with E-state index in [2.05, 4.69) is 83.1 Å². The lowest BCUT2D eigenvalue weighted by molar-refractivity contribution is 0.475. The Bertz CT molecular complexity index is 1550. The van der Waals surface area contributed by atoms with Crippen LogP contribution in [0.3, 0.4) is 0 Å². The van der Waals surface area contributed by atoms with E-state index in [-0.39, 0.29) is 10.8 Å². The van der Waals surface area contributed by atoms with Crippen molar-refractivity contribution in [3.63, 3.8) is 0 Å². The monoisotopic (exact) mass is 432 g/mol. The topological polar surface area (TPSA) is 38.9 Å². The first kappa shape index (κ1) is 20.2. The SMILES string of the molecule is CCC(C)(C)c1nc(-c2ccc3c(c2)-c2ccccc2C3(C)C)c2oc3ccccc3c2n1. The van der Waals surface area contributed by atoms with Crippen LogP contribution in [0.2, 0.25) is 0 Å². The van der Waals surface area contributed by atoms with Crippen molar-refractivity contribution >= 4 is 22.1 Å². The molecule has 6 rings (SSSR count). The van der Waals surface area contributed by atoms with Crippen molar-refractivity contribution < 1.29 is 4.42 Å². The van der Waals surface area contributed by atoms with Crippen molar-refractivity contribution in [2.75, 3.05) is 0 Å². The van der Waals surface area contributed by atoms with E-state index in [9.17, 15) is 0 Å². The van der Waals surface area contributed by atoms with Crippen LogP contribution in [0.5, 0.6) is 0 Å². The van der Waals surface area contributed by atoms with E-state index in [1.54, 1.807) is 0 Å². The minimum Gasteiger partial charge on any atom is -0.452 e. The summed E-state index contributed by atoms with van der Waals surface area (Å²) in [6, 6.07) is 23.6. The molecule has 0 N–H and O–H groups in total. The molecule has 1 aliphatic carbocycles. The fourth-order valence-electron chi connectivity index (χ4n) is 5.11. The predicted molar refractivity (Wildman–Crippen MR) is 136 cm³/mol. The zero-order valence-corrected chi connectivity index (χ0v) is 19.9. The Kier molecular flexibility index (Phi) is 4.14. The summed E-state index contributed by atoms with van der Waals surface area (Å²) >= 11 is 0. The lowest BCUT2D eigenvalue weighted by Crippen LogP contribution is -2.20. The summed E-state index contributed by atoms with van der Waals surface area (Å²) < 4.78 is 6.34. The first-order chi connectivity index (χ1) is 15.8. The summed E-state index contributed by atoms with van der Waals surface area (Å²) in [5, 5.41) is 1.04. The van der Waals surface area contributed by atoms with Crippen LogP contribution in [0.15, 0.2) is 71.1 Å². The second-order valence-corrected chi connectivity index (χ2v) is 10.3. The van der Waals surface area contributed by atoms with Gasteiger partial charge in [-0.1, -0.05) is 83.1 Å². The van der Waals surface area contributed by atoms with Crippen molar-refractivity contribution in [3.8, 4) is 22.4 Å². The van der Waals surface area contributed by atoms with Crippen LogP contribution >= 0.6 is 0 Å². The van der Waals surface area contributed by atoms with Crippen LogP contribution < -0.4 is 0 Å². The van der Waals surface area contributed by atoms with Crippen molar-refractivity contribution in [2.45, 2.75) is 51.9 Å². The molecule has 33 heavy (non-hydrogen) atoms. The lowest BCUT2D eigenvalue weighted by atomic mass is 9.82. The van der Waals surface area contributed by atoms with Crippen molar-refractivity contribution in [1.82, 2.24) is 9.97 Å². The Morgan fingerprint density at radius 1 is 0.848 bits per heavy atom. The Hall–Kier alpha value is -3.46. The number of fused-ring (bicyclic) bond motifs is 6. The second-order valence-electron chi connectivity index (χ2n) is 10.3. The maximum atomic E-state index is 6.34. The largest absolute Gasteiger partial charge is 0.452 e. The quantitative estimate of drug-likeness (QED) is 0.289. The van der Waals surface area contributed by atoms with Crippen LogP contribution in [-0.2, 0) is 10.8 Å². The van der Waals surface area contributed by atoms with E-state index >= 15 is 0 Å². The van der Waals surface area contributed by atoms with Gasteiger partial charge < -0.3 is 4.42 Å². The molecule has 5 aromatic rings. The molecule has 0 bridgehead atoms. The first-order valence-corrected chi connectivity index (χ1v) is 11.8. The normalized spacial score (nSPS) is 14.6. The van der Waals surface area contributed by atoms with Crippen LogP contribution in [0, 0.1) is 0 Å². The van der Waals surface area contributed by atoms with Crippen molar-refractivity contribution in [1.29, 1.82) is 0 Å². The smallest absolute Gasteiger partial charge is 0.180 e. The average molecular weight is 433 g/mol.